The van der Waals surface area contributed by atoms with E-state index in [1.807, 2.05) is 24.0 Å². The summed E-state index contributed by atoms with van der Waals surface area (Å²) in [6, 6.07) is 8.42. The van der Waals surface area contributed by atoms with Crippen LogP contribution in [0.15, 0.2) is 35.9 Å². The Morgan fingerprint density at radius 3 is 3.04 bits per heavy atom. The zero-order valence-electron chi connectivity index (χ0n) is 14.2. The van der Waals surface area contributed by atoms with Crippen molar-refractivity contribution in [3.63, 3.8) is 0 Å². The summed E-state index contributed by atoms with van der Waals surface area (Å²) in [6.45, 7) is 3.11. The van der Waals surface area contributed by atoms with Crippen LogP contribution < -0.4 is 0 Å². The summed E-state index contributed by atoms with van der Waals surface area (Å²) >= 11 is 0. The van der Waals surface area contributed by atoms with Crippen LogP contribution in [0, 0.1) is 11.8 Å². The lowest BCUT2D eigenvalue weighted by Gasteiger charge is -2.49. The minimum Gasteiger partial charge on any atom is -0.367 e. The Bertz CT molecular complexity index is 884. The number of carbonyl (C=O) groups excluding carboxylic acids is 1. The van der Waals surface area contributed by atoms with Gasteiger partial charge in [-0.2, -0.15) is 0 Å². The number of hydrogen-bond acceptors (Lipinski definition) is 3. The van der Waals surface area contributed by atoms with Gasteiger partial charge in [-0.05, 0) is 37.0 Å². The Kier molecular flexibility index (Phi) is 3.30. The number of fused-ring (bicyclic) bond motifs is 6. The van der Waals surface area contributed by atoms with Gasteiger partial charge in [0.15, 0.2) is 6.29 Å². The van der Waals surface area contributed by atoms with E-state index in [2.05, 4.69) is 23.2 Å². The van der Waals surface area contributed by atoms with Crippen LogP contribution in [-0.4, -0.2) is 40.3 Å². The van der Waals surface area contributed by atoms with Crippen molar-refractivity contribution in [1.82, 2.24) is 9.88 Å². The lowest BCUT2D eigenvalue weighted by molar-refractivity contribution is -0.191. The first-order valence-corrected chi connectivity index (χ1v) is 9.03. The molecule has 0 radical (unpaired) electrons. The summed E-state index contributed by atoms with van der Waals surface area (Å²) in [4.78, 5) is 18.7. The Balaban J connectivity index is 1.61. The van der Waals surface area contributed by atoms with Crippen LogP contribution in [0.25, 0.3) is 10.9 Å². The molecule has 1 amide bonds. The SMILES string of the molecule is C/C=C1/CO[C@H](O)[C@H]2C(=O)N3CCc4c([nH]c5ccccc45)[C@@H]3C[C@@H]12. The van der Waals surface area contributed by atoms with Crippen molar-refractivity contribution < 1.29 is 14.6 Å². The summed E-state index contributed by atoms with van der Waals surface area (Å²) in [7, 11) is 0. The van der Waals surface area contributed by atoms with E-state index < -0.39 is 12.2 Å². The van der Waals surface area contributed by atoms with E-state index in [9.17, 15) is 9.90 Å². The molecule has 2 fully saturated rings. The van der Waals surface area contributed by atoms with E-state index in [1.165, 1.54) is 16.6 Å². The highest BCUT2D eigenvalue weighted by molar-refractivity contribution is 5.87. The summed E-state index contributed by atoms with van der Waals surface area (Å²) < 4.78 is 5.45. The molecule has 0 bridgehead atoms. The molecule has 4 atom stereocenters. The van der Waals surface area contributed by atoms with Gasteiger partial charge >= 0.3 is 0 Å². The number of benzene rings is 1. The number of allylic oxidation sites excluding steroid dienone is 1. The van der Waals surface area contributed by atoms with Gasteiger partial charge in [-0.25, -0.2) is 0 Å². The summed E-state index contributed by atoms with van der Waals surface area (Å²) in [5, 5.41) is 11.6. The monoisotopic (exact) mass is 338 g/mol. The molecule has 3 aliphatic heterocycles. The van der Waals surface area contributed by atoms with Gasteiger partial charge in [0.2, 0.25) is 5.91 Å². The smallest absolute Gasteiger partial charge is 0.232 e. The molecule has 2 N–H and O–H groups in total. The summed E-state index contributed by atoms with van der Waals surface area (Å²) in [5.74, 6) is -0.390. The average molecular weight is 338 g/mol. The normalized spacial score (nSPS) is 33.3. The Morgan fingerprint density at radius 2 is 2.20 bits per heavy atom. The van der Waals surface area contributed by atoms with Crippen molar-refractivity contribution in [2.75, 3.05) is 13.2 Å². The van der Waals surface area contributed by atoms with Gasteiger partial charge in [0.25, 0.3) is 0 Å². The van der Waals surface area contributed by atoms with Crippen molar-refractivity contribution in [1.29, 1.82) is 0 Å². The molecule has 0 unspecified atom stereocenters. The molecule has 4 heterocycles. The van der Waals surface area contributed by atoms with Crippen LogP contribution in [0.2, 0.25) is 0 Å². The first-order valence-electron chi connectivity index (χ1n) is 9.03. The molecule has 1 aromatic carbocycles. The van der Waals surface area contributed by atoms with E-state index in [4.69, 9.17) is 4.74 Å². The van der Waals surface area contributed by atoms with Gasteiger partial charge in [0.1, 0.15) is 0 Å². The number of aliphatic hydroxyl groups is 1. The maximum atomic E-state index is 13.1. The van der Waals surface area contributed by atoms with Crippen LogP contribution in [0.4, 0.5) is 0 Å². The quantitative estimate of drug-likeness (QED) is 0.726. The fourth-order valence-corrected chi connectivity index (χ4v) is 4.97. The molecule has 1 aromatic heterocycles. The highest BCUT2D eigenvalue weighted by Gasteiger charge is 2.51. The number of rotatable bonds is 0. The number of hydrogen-bond donors (Lipinski definition) is 2. The Morgan fingerprint density at radius 1 is 1.36 bits per heavy atom. The predicted octanol–water partition coefficient (Wildman–Crippen LogP) is 2.52. The molecule has 0 saturated carbocycles. The van der Waals surface area contributed by atoms with Gasteiger partial charge < -0.3 is 19.7 Å². The third-order valence-corrected chi connectivity index (χ3v) is 6.21. The number of piperidine rings is 1. The molecular weight excluding hydrogens is 316 g/mol. The molecule has 5 rings (SSSR count). The van der Waals surface area contributed by atoms with Crippen LogP contribution in [0.3, 0.4) is 0 Å². The topological polar surface area (TPSA) is 65.6 Å². The Hall–Kier alpha value is -2.11. The lowest BCUT2D eigenvalue weighted by Crippen LogP contribution is -2.56. The van der Waals surface area contributed by atoms with Crippen LogP contribution in [-0.2, 0) is 16.0 Å². The van der Waals surface area contributed by atoms with E-state index >= 15 is 0 Å². The third kappa shape index (κ3) is 2.06. The summed E-state index contributed by atoms with van der Waals surface area (Å²) in [5.41, 5.74) is 4.79. The maximum Gasteiger partial charge on any atom is 0.232 e. The minimum absolute atomic E-state index is 0.0251. The van der Waals surface area contributed by atoms with Gasteiger partial charge in [-0.15, -0.1) is 0 Å². The highest BCUT2D eigenvalue weighted by Crippen LogP contribution is 2.47. The number of aromatic nitrogens is 1. The van der Waals surface area contributed by atoms with Crippen LogP contribution in [0.1, 0.15) is 30.6 Å². The predicted molar refractivity (Wildman–Crippen MR) is 93.8 cm³/mol. The number of nitrogens with zero attached hydrogens (tertiary/aromatic N) is 1. The Labute approximate surface area is 146 Å². The number of amides is 1. The number of para-hydroxylation sites is 1. The van der Waals surface area contributed by atoms with Crippen molar-refractivity contribution in [2.45, 2.75) is 32.1 Å². The van der Waals surface area contributed by atoms with Crippen molar-refractivity contribution in [3.05, 3.63) is 47.2 Å². The molecular formula is C20H22N2O3. The molecule has 2 saturated heterocycles. The molecule has 5 nitrogen and oxygen atoms in total. The molecule has 130 valence electrons. The van der Waals surface area contributed by atoms with Gasteiger partial charge in [0, 0.05) is 29.1 Å². The molecule has 3 aliphatic rings. The second-order valence-corrected chi connectivity index (χ2v) is 7.29. The minimum atomic E-state index is -0.994. The maximum absolute atomic E-state index is 13.1. The second kappa shape index (κ2) is 5.44. The number of aromatic amines is 1. The standard InChI is InChI=1S/C20H22N2O3/c1-2-11-10-25-20(24)17-14(11)9-16-18-13(7-8-22(16)19(17)23)12-5-3-4-6-15(12)21-18/h2-6,14,16-17,20-21,24H,7-10H2,1H3/b11-2-/t14-,16-,17+,20-/m0/s1. The highest BCUT2D eigenvalue weighted by atomic mass is 16.6. The van der Waals surface area contributed by atoms with Crippen LogP contribution in [0.5, 0.6) is 0 Å². The van der Waals surface area contributed by atoms with E-state index in [0.717, 1.165) is 23.9 Å². The van der Waals surface area contributed by atoms with Gasteiger partial charge in [-0.1, -0.05) is 24.3 Å². The first kappa shape index (κ1) is 15.2. The number of aliphatic hydroxyl groups excluding tert-OH is 1. The van der Waals surface area contributed by atoms with E-state index in [0.29, 0.717) is 13.2 Å². The molecule has 0 spiro atoms. The molecule has 25 heavy (non-hydrogen) atoms. The largest absolute Gasteiger partial charge is 0.367 e. The zero-order valence-corrected chi connectivity index (χ0v) is 14.2. The van der Waals surface area contributed by atoms with Crippen molar-refractivity contribution in [3.8, 4) is 0 Å². The van der Waals surface area contributed by atoms with Crippen LogP contribution >= 0.6 is 0 Å². The number of ether oxygens (including phenoxy) is 1. The van der Waals surface area contributed by atoms with Crippen molar-refractivity contribution >= 4 is 16.8 Å². The number of carbonyl (C=O) groups is 1. The number of nitrogens with one attached hydrogen (secondary N) is 1. The van der Waals surface area contributed by atoms with Gasteiger partial charge in [0.05, 0.1) is 18.6 Å². The number of H-pyrrole nitrogens is 1. The summed E-state index contributed by atoms with van der Waals surface area (Å²) in [6.07, 6.45) is 2.75. The zero-order chi connectivity index (χ0) is 17.1. The molecule has 5 heteroatoms. The van der Waals surface area contributed by atoms with Gasteiger partial charge in [-0.3, -0.25) is 4.79 Å². The second-order valence-electron chi connectivity index (χ2n) is 7.29. The lowest BCUT2D eigenvalue weighted by atomic mass is 9.73. The first-order chi connectivity index (χ1) is 12.2. The van der Waals surface area contributed by atoms with E-state index in [1.54, 1.807) is 0 Å². The fraction of sp³-hybridized carbons (Fsp3) is 0.450. The third-order valence-electron chi connectivity index (χ3n) is 6.21. The molecule has 2 aromatic rings. The average Bonchev–Trinajstić information content (AvgIpc) is 3.01. The van der Waals surface area contributed by atoms with E-state index in [-0.39, 0.29) is 17.9 Å². The fourth-order valence-electron chi connectivity index (χ4n) is 4.97. The van der Waals surface area contributed by atoms with Crippen molar-refractivity contribution in [2.24, 2.45) is 11.8 Å². The molecule has 0 aliphatic carbocycles.